The Kier molecular flexibility index (Phi) is 5.48. The van der Waals surface area contributed by atoms with Crippen molar-refractivity contribution in [1.82, 2.24) is 5.32 Å². The highest BCUT2D eigenvalue weighted by molar-refractivity contribution is 5.76. The van der Waals surface area contributed by atoms with Gasteiger partial charge in [0.1, 0.15) is 0 Å². The summed E-state index contributed by atoms with van der Waals surface area (Å²) < 4.78 is 37.6. The Balaban J connectivity index is 1.88. The number of nitrogens with one attached hydrogen (secondary N) is 1. The molecule has 1 aromatic rings. The molecule has 1 aliphatic carbocycles. The molecule has 2 rings (SSSR count). The van der Waals surface area contributed by atoms with Crippen molar-refractivity contribution in [1.29, 1.82) is 0 Å². The Bertz CT molecular complexity index is 490. The Morgan fingerprint density at radius 2 is 1.77 bits per heavy atom. The second-order valence-corrected chi connectivity index (χ2v) is 6.12. The van der Waals surface area contributed by atoms with Crippen molar-refractivity contribution in [2.24, 2.45) is 5.92 Å². The number of hydrogen-bond donors (Lipinski definition) is 1. The minimum absolute atomic E-state index is 0.0145. The third kappa shape index (κ3) is 4.75. The van der Waals surface area contributed by atoms with Crippen LogP contribution in [0.5, 0.6) is 0 Å². The van der Waals surface area contributed by atoms with Gasteiger partial charge in [0, 0.05) is 6.42 Å². The van der Waals surface area contributed by atoms with Gasteiger partial charge < -0.3 is 5.32 Å². The van der Waals surface area contributed by atoms with E-state index in [0.717, 1.165) is 25.0 Å². The molecule has 1 unspecified atom stereocenters. The number of hydrogen-bond acceptors (Lipinski definition) is 1. The number of amides is 1. The van der Waals surface area contributed by atoms with Gasteiger partial charge in [-0.05, 0) is 43.4 Å². The fourth-order valence-electron chi connectivity index (χ4n) is 3.00. The lowest BCUT2D eigenvalue weighted by atomic mass is 9.87. The minimum atomic E-state index is -4.33. The quantitative estimate of drug-likeness (QED) is 0.845. The molecule has 0 spiro atoms. The number of alkyl halides is 3. The summed E-state index contributed by atoms with van der Waals surface area (Å²) in [6.07, 6.45) is 2.01. The molecule has 1 amide bonds. The van der Waals surface area contributed by atoms with E-state index in [2.05, 4.69) is 5.32 Å². The van der Waals surface area contributed by atoms with E-state index in [1.807, 2.05) is 0 Å². The molecule has 5 heteroatoms. The zero-order valence-corrected chi connectivity index (χ0v) is 12.7. The maximum absolute atomic E-state index is 12.5. The molecule has 22 heavy (non-hydrogen) atoms. The van der Waals surface area contributed by atoms with E-state index in [9.17, 15) is 18.0 Å². The molecular formula is C17H22F3NO. The number of benzene rings is 1. The molecule has 0 radical (unpaired) electrons. The van der Waals surface area contributed by atoms with Crippen LogP contribution in [0.4, 0.5) is 13.2 Å². The highest BCUT2D eigenvalue weighted by Gasteiger charge is 2.30. The molecule has 0 saturated heterocycles. The number of carbonyl (C=O) groups excluding carboxylic acids is 1. The van der Waals surface area contributed by atoms with E-state index in [-0.39, 0.29) is 11.9 Å². The fraction of sp³-hybridized carbons (Fsp3) is 0.588. The topological polar surface area (TPSA) is 29.1 Å². The fourth-order valence-corrected chi connectivity index (χ4v) is 3.00. The van der Waals surface area contributed by atoms with Crippen LogP contribution in [0.2, 0.25) is 0 Å². The summed E-state index contributed by atoms with van der Waals surface area (Å²) in [5.41, 5.74) is 0.0157. The first kappa shape index (κ1) is 16.8. The van der Waals surface area contributed by atoms with Crippen LogP contribution in [0, 0.1) is 5.92 Å². The van der Waals surface area contributed by atoms with Gasteiger partial charge in [-0.25, -0.2) is 0 Å². The first-order valence-electron chi connectivity index (χ1n) is 7.83. The van der Waals surface area contributed by atoms with Crippen molar-refractivity contribution < 1.29 is 18.0 Å². The van der Waals surface area contributed by atoms with Crippen LogP contribution < -0.4 is 5.32 Å². The first-order chi connectivity index (χ1) is 10.4. The Morgan fingerprint density at radius 3 is 2.32 bits per heavy atom. The highest BCUT2D eigenvalue weighted by Crippen LogP contribution is 2.30. The molecule has 1 aromatic carbocycles. The van der Waals surface area contributed by atoms with Crippen LogP contribution in [0.1, 0.15) is 62.6 Å². The molecule has 0 aromatic heterocycles. The van der Waals surface area contributed by atoms with Gasteiger partial charge >= 0.3 is 6.18 Å². The van der Waals surface area contributed by atoms with Crippen LogP contribution in [-0.2, 0) is 11.0 Å². The van der Waals surface area contributed by atoms with Gasteiger partial charge in [0.05, 0.1) is 11.6 Å². The van der Waals surface area contributed by atoms with Gasteiger partial charge in [-0.2, -0.15) is 13.2 Å². The van der Waals surface area contributed by atoms with Gasteiger partial charge in [-0.3, -0.25) is 4.79 Å². The molecule has 1 aliphatic rings. The second-order valence-electron chi connectivity index (χ2n) is 6.12. The van der Waals surface area contributed by atoms with E-state index in [0.29, 0.717) is 17.9 Å². The average Bonchev–Trinajstić information content (AvgIpc) is 2.47. The van der Waals surface area contributed by atoms with Gasteiger partial charge in [-0.1, -0.05) is 31.4 Å². The van der Waals surface area contributed by atoms with Gasteiger partial charge in [0.15, 0.2) is 0 Å². The monoisotopic (exact) mass is 313 g/mol. The molecule has 1 saturated carbocycles. The zero-order valence-electron chi connectivity index (χ0n) is 12.7. The summed E-state index contributed by atoms with van der Waals surface area (Å²) in [5.74, 6) is 0.438. The Morgan fingerprint density at radius 1 is 1.18 bits per heavy atom. The summed E-state index contributed by atoms with van der Waals surface area (Å²) in [6.45, 7) is 1.79. The SMILES string of the molecule is CC(NC(=O)CC1CCCCC1)c1ccc(C(F)(F)F)cc1. The summed E-state index contributed by atoms with van der Waals surface area (Å²) in [6, 6.07) is 4.68. The average molecular weight is 313 g/mol. The normalized spacial score (nSPS) is 18.0. The minimum Gasteiger partial charge on any atom is -0.350 e. The smallest absolute Gasteiger partial charge is 0.350 e. The first-order valence-corrected chi connectivity index (χ1v) is 7.83. The van der Waals surface area contributed by atoms with E-state index < -0.39 is 11.7 Å². The molecule has 0 aliphatic heterocycles. The predicted octanol–water partition coefficient (Wildman–Crippen LogP) is 4.85. The van der Waals surface area contributed by atoms with Crippen LogP contribution in [0.15, 0.2) is 24.3 Å². The lowest BCUT2D eigenvalue weighted by Gasteiger charge is -2.22. The third-order valence-corrected chi connectivity index (χ3v) is 4.31. The van der Waals surface area contributed by atoms with Crippen LogP contribution in [-0.4, -0.2) is 5.91 Å². The molecule has 1 atom stereocenters. The van der Waals surface area contributed by atoms with Crippen molar-refractivity contribution in [3.63, 3.8) is 0 Å². The second kappa shape index (κ2) is 7.16. The summed E-state index contributed by atoms with van der Waals surface area (Å²) >= 11 is 0. The maximum atomic E-state index is 12.5. The Labute approximate surface area is 129 Å². The summed E-state index contributed by atoms with van der Waals surface area (Å²) in [5, 5.41) is 2.88. The molecule has 1 fully saturated rings. The lowest BCUT2D eigenvalue weighted by molar-refractivity contribution is -0.137. The largest absolute Gasteiger partial charge is 0.416 e. The van der Waals surface area contributed by atoms with Crippen molar-refractivity contribution in [3.05, 3.63) is 35.4 Å². The van der Waals surface area contributed by atoms with Crippen molar-refractivity contribution in [2.75, 3.05) is 0 Å². The van der Waals surface area contributed by atoms with Crippen molar-refractivity contribution >= 4 is 5.91 Å². The molecular weight excluding hydrogens is 291 g/mol. The number of carbonyl (C=O) groups is 1. The molecule has 122 valence electrons. The predicted molar refractivity (Wildman–Crippen MR) is 79.2 cm³/mol. The van der Waals surface area contributed by atoms with Crippen LogP contribution in [0.3, 0.4) is 0 Å². The van der Waals surface area contributed by atoms with Gasteiger partial charge in [0.25, 0.3) is 0 Å². The third-order valence-electron chi connectivity index (χ3n) is 4.31. The summed E-state index contributed by atoms with van der Waals surface area (Å²) in [7, 11) is 0. The van der Waals surface area contributed by atoms with Crippen LogP contribution >= 0.6 is 0 Å². The molecule has 0 bridgehead atoms. The van der Waals surface area contributed by atoms with E-state index in [1.54, 1.807) is 6.92 Å². The van der Waals surface area contributed by atoms with Crippen molar-refractivity contribution in [2.45, 2.75) is 57.7 Å². The van der Waals surface area contributed by atoms with E-state index in [1.165, 1.54) is 31.4 Å². The van der Waals surface area contributed by atoms with E-state index >= 15 is 0 Å². The standard InChI is InChI=1S/C17H22F3NO/c1-12(14-7-9-15(10-8-14)17(18,19)20)21-16(22)11-13-5-3-2-4-6-13/h7-10,12-13H,2-6,11H2,1H3,(H,21,22). The zero-order chi connectivity index (χ0) is 16.2. The van der Waals surface area contributed by atoms with Gasteiger partial charge in [-0.15, -0.1) is 0 Å². The number of rotatable bonds is 4. The van der Waals surface area contributed by atoms with Gasteiger partial charge in [0.2, 0.25) is 5.91 Å². The van der Waals surface area contributed by atoms with Crippen LogP contribution in [0.25, 0.3) is 0 Å². The highest BCUT2D eigenvalue weighted by atomic mass is 19.4. The molecule has 0 heterocycles. The summed E-state index contributed by atoms with van der Waals surface area (Å²) in [4.78, 5) is 12.0. The molecule has 2 nitrogen and oxygen atoms in total. The maximum Gasteiger partial charge on any atom is 0.416 e. The number of halogens is 3. The lowest BCUT2D eigenvalue weighted by Crippen LogP contribution is -2.29. The van der Waals surface area contributed by atoms with Crippen molar-refractivity contribution in [3.8, 4) is 0 Å². The van der Waals surface area contributed by atoms with E-state index in [4.69, 9.17) is 0 Å². The Hall–Kier alpha value is -1.52. The molecule has 1 N–H and O–H groups in total.